The van der Waals surface area contributed by atoms with E-state index in [1.807, 2.05) is 36.4 Å². The molecular weight excluding hydrogens is 330 g/mol. The third-order valence-electron chi connectivity index (χ3n) is 2.76. The van der Waals surface area contributed by atoms with Crippen molar-refractivity contribution in [3.63, 3.8) is 0 Å². The molecule has 21 heavy (non-hydrogen) atoms. The molecule has 2 aromatic rings. The van der Waals surface area contributed by atoms with Gasteiger partial charge >= 0.3 is 0 Å². The summed E-state index contributed by atoms with van der Waals surface area (Å²) in [5.41, 5.74) is 1.33. The highest BCUT2D eigenvalue weighted by Crippen LogP contribution is 2.18. The summed E-state index contributed by atoms with van der Waals surface area (Å²) in [4.78, 5) is 12.2. The van der Waals surface area contributed by atoms with Crippen LogP contribution in [-0.2, 0) is 0 Å². The maximum absolute atomic E-state index is 12.2. The summed E-state index contributed by atoms with van der Waals surface area (Å²) in [7, 11) is 0. The first-order chi connectivity index (χ1) is 10.0. The largest absolute Gasteiger partial charge is 0.493 e. The quantitative estimate of drug-likeness (QED) is 0.848. The number of hydrogen-bond donors (Lipinski definition) is 1. The normalized spacial score (nSPS) is 10.5. The van der Waals surface area contributed by atoms with Crippen molar-refractivity contribution < 1.29 is 9.53 Å². The summed E-state index contributed by atoms with van der Waals surface area (Å²) >= 11 is 3.38. The van der Waals surface area contributed by atoms with Gasteiger partial charge in [-0.3, -0.25) is 4.79 Å². The van der Waals surface area contributed by atoms with Gasteiger partial charge in [-0.15, -0.1) is 0 Å². The van der Waals surface area contributed by atoms with Crippen molar-refractivity contribution in [1.82, 2.24) is 0 Å². The topological polar surface area (TPSA) is 38.3 Å². The number of rotatable bonds is 5. The van der Waals surface area contributed by atoms with E-state index < -0.39 is 0 Å². The molecular formula is C17H18BrNO2. The van der Waals surface area contributed by atoms with E-state index in [-0.39, 0.29) is 5.91 Å². The molecule has 0 aromatic heterocycles. The Morgan fingerprint density at radius 2 is 1.95 bits per heavy atom. The van der Waals surface area contributed by atoms with Crippen LogP contribution >= 0.6 is 15.9 Å². The van der Waals surface area contributed by atoms with E-state index in [9.17, 15) is 4.79 Å². The second-order valence-electron chi connectivity index (χ2n) is 5.20. The van der Waals surface area contributed by atoms with Crippen LogP contribution in [0.4, 0.5) is 5.69 Å². The molecule has 0 unspecified atom stereocenters. The van der Waals surface area contributed by atoms with E-state index in [2.05, 4.69) is 35.1 Å². The summed E-state index contributed by atoms with van der Waals surface area (Å²) in [5.74, 6) is 1.01. The van der Waals surface area contributed by atoms with Crippen LogP contribution in [0.15, 0.2) is 53.0 Å². The molecule has 0 aliphatic carbocycles. The van der Waals surface area contributed by atoms with Crippen molar-refractivity contribution >= 4 is 27.5 Å². The van der Waals surface area contributed by atoms with Crippen LogP contribution in [0, 0.1) is 5.92 Å². The molecule has 4 heteroatoms. The van der Waals surface area contributed by atoms with Crippen LogP contribution in [-0.4, -0.2) is 12.5 Å². The van der Waals surface area contributed by atoms with Gasteiger partial charge in [-0.1, -0.05) is 41.9 Å². The average molecular weight is 348 g/mol. The predicted molar refractivity (Wildman–Crippen MR) is 88.9 cm³/mol. The summed E-state index contributed by atoms with van der Waals surface area (Å²) < 4.78 is 6.57. The lowest BCUT2D eigenvalue weighted by Crippen LogP contribution is -2.12. The highest BCUT2D eigenvalue weighted by molar-refractivity contribution is 9.10. The van der Waals surface area contributed by atoms with Gasteiger partial charge in [-0.25, -0.2) is 0 Å². The first-order valence-corrected chi connectivity index (χ1v) is 7.63. The molecule has 110 valence electrons. The van der Waals surface area contributed by atoms with Crippen LogP contribution < -0.4 is 10.1 Å². The Balaban J connectivity index is 2.07. The Hall–Kier alpha value is -1.81. The highest BCUT2D eigenvalue weighted by Gasteiger charge is 2.08. The SMILES string of the molecule is CC(C)COc1cccc(C(=O)Nc2cccc(Br)c2)c1. The molecule has 0 bridgehead atoms. The van der Waals surface area contributed by atoms with Crippen LogP contribution in [0.25, 0.3) is 0 Å². The first kappa shape index (κ1) is 15.6. The molecule has 0 aliphatic heterocycles. The fourth-order valence-electron chi connectivity index (χ4n) is 1.76. The van der Waals surface area contributed by atoms with Crippen molar-refractivity contribution in [2.24, 2.45) is 5.92 Å². The van der Waals surface area contributed by atoms with Gasteiger partial charge in [0.15, 0.2) is 0 Å². The molecule has 1 amide bonds. The number of carbonyl (C=O) groups excluding carboxylic acids is 1. The Kier molecular flexibility index (Phi) is 5.39. The lowest BCUT2D eigenvalue weighted by Gasteiger charge is -2.10. The number of carbonyl (C=O) groups is 1. The molecule has 0 heterocycles. The van der Waals surface area contributed by atoms with Crippen LogP contribution in [0.3, 0.4) is 0 Å². The van der Waals surface area contributed by atoms with Crippen molar-refractivity contribution in [2.45, 2.75) is 13.8 Å². The zero-order valence-electron chi connectivity index (χ0n) is 12.1. The van der Waals surface area contributed by atoms with Gasteiger partial charge in [-0.05, 0) is 42.3 Å². The fraction of sp³-hybridized carbons (Fsp3) is 0.235. The van der Waals surface area contributed by atoms with Crippen LogP contribution in [0.2, 0.25) is 0 Å². The molecule has 1 N–H and O–H groups in total. The van der Waals surface area contributed by atoms with E-state index in [0.29, 0.717) is 23.8 Å². The minimum Gasteiger partial charge on any atom is -0.493 e. The lowest BCUT2D eigenvalue weighted by molar-refractivity contribution is 0.102. The maximum atomic E-state index is 12.2. The molecule has 3 nitrogen and oxygen atoms in total. The molecule has 0 fully saturated rings. The fourth-order valence-corrected chi connectivity index (χ4v) is 2.16. The Bertz CT molecular complexity index is 626. The number of ether oxygens (including phenoxy) is 1. The number of nitrogens with one attached hydrogen (secondary N) is 1. The number of benzene rings is 2. The Morgan fingerprint density at radius 3 is 2.67 bits per heavy atom. The lowest BCUT2D eigenvalue weighted by atomic mass is 10.2. The van der Waals surface area contributed by atoms with Gasteiger partial charge in [0.1, 0.15) is 5.75 Å². The van der Waals surface area contributed by atoms with Crippen molar-refractivity contribution in [1.29, 1.82) is 0 Å². The van der Waals surface area contributed by atoms with Gasteiger partial charge in [0, 0.05) is 15.7 Å². The minimum absolute atomic E-state index is 0.150. The molecule has 0 radical (unpaired) electrons. The summed E-state index contributed by atoms with van der Waals surface area (Å²) in [5, 5.41) is 2.87. The van der Waals surface area contributed by atoms with Gasteiger partial charge in [-0.2, -0.15) is 0 Å². The third-order valence-corrected chi connectivity index (χ3v) is 3.26. The summed E-state index contributed by atoms with van der Waals surface area (Å²) in [6, 6.07) is 14.7. The zero-order chi connectivity index (χ0) is 15.2. The summed E-state index contributed by atoms with van der Waals surface area (Å²) in [6.45, 7) is 4.81. The Labute approximate surface area is 133 Å². The van der Waals surface area contributed by atoms with Crippen LogP contribution in [0.5, 0.6) is 5.75 Å². The van der Waals surface area contributed by atoms with Crippen LogP contribution in [0.1, 0.15) is 24.2 Å². The van der Waals surface area contributed by atoms with E-state index in [1.165, 1.54) is 0 Å². The van der Waals surface area contributed by atoms with E-state index in [4.69, 9.17) is 4.74 Å². The Morgan fingerprint density at radius 1 is 1.19 bits per heavy atom. The molecule has 0 spiro atoms. The van der Waals surface area contributed by atoms with E-state index >= 15 is 0 Å². The first-order valence-electron chi connectivity index (χ1n) is 6.84. The molecule has 0 saturated carbocycles. The minimum atomic E-state index is -0.150. The van der Waals surface area contributed by atoms with E-state index in [0.717, 1.165) is 10.2 Å². The highest BCUT2D eigenvalue weighted by atomic mass is 79.9. The van der Waals surface area contributed by atoms with Gasteiger partial charge in [0.2, 0.25) is 0 Å². The molecule has 0 aliphatic rings. The van der Waals surface area contributed by atoms with E-state index in [1.54, 1.807) is 12.1 Å². The van der Waals surface area contributed by atoms with Crippen molar-refractivity contribution in [2.75, 3.05) is 11.9 Å². The number of anilines is 1. The average Bonchev–Trinajstić information content (AvgIpc) is 2.45. The second-order valence-corrected chi connectivity index (χ2v) is 6.11. The predicted octanol–water partition coefficient (Wildman–Crippen LogP) is 4.74. The van der Waals surface area contributed by atoms with Gasteiger partial charge in [0.25, 0.3) is 5.91 Å². The molecule has 2 rings (SSSR count). The van der Waals surface area contributed by atoms with Crippen molar-refractivity contribution in [3.8, 4) is 5.75 Å². The molecule has 2 aromatic carbocycles. The maximum Gasteiger partial charge on any atom is 0.255 e. The van der Waals surface area contributed by atoms with Crippen molar-refractivity contribution in [3.05, 3.63) is 58.6 Å². The zero-order valence-corrected chi connectivity index (χ0v) is 13.7. The molecule has 0 saturated heterocycles. The van der Waals surface area contributed by atoms with Gasteiger partial charge < -0.3 is 10.1 Å². The third kappa shape index (κ3) is 4.90. The standard InChI is InChI=1S/C17H18BrNO2/c1-12(2)11-21-16-8-3-5-13(9-16)17(20)19-15-7-4-6-14(18)10-15/h3-10,12H,11H2,1-2H3,(H,19,20). The number of amides is 1. The number of halogens is 1. The summed E-state index contributed by atoms with van der Waals surface area (Å²) in [6.07, 6.45) is 0. The monoisotopic (exact) mass is 347 g/mol. The van der Waals surface area contributed by atoms with Gasteiger partial charge in [0.05, 0.1) is 6.61 Å². The number of hydrogen-bond acceptors (Lipinski definition) is 2. The second kappa shape index (κ2) is 7.27. The molecule has 0 atom stereocenters. The smallest absolute Gasteiger partial charge is 0.255 e.